The van der Waals surface area contributed by atoms with E-state index in [-0.39, 0.29) is 0 Å². The van der Waals surface area contributed by atoms with E-state index in [2.05, 4.69) is 10.2 Å². The molecule has 3 heteroatoms. The first kappa shape index (κ1) is 14.3. The zero-order chi connectivity index (χ0) is 12.6. The summed E-state index contributed by atoms with van der Waals surface area (Å²) < 4.78 is 5.10. The fourth-order valence-corrected chi connectivity index (χ4v) is 3.58. The predicted octanol–water partition coefficient (Wildman–Crippen LogP) is 2.41. The lowest BCUT2D eigenvalue weighted by Gasteiger charge is -2.43. The van der Waals surface area contributed by atoms with Gasteiger partial charge in [0.05, 0.1) is 6.61 Å². The first-order chi connectivity index (χ1) is 8.92. The third-order valence-corrected chi connectivity index (χ3v) is 4.58. The Hall–Kier alpha value is -0.120. The standard InChI is InChI=1S/C15H30N2O/c1-18-12-10-16-13-15-9-5-6-11-17(15)14-7-3-2-4-8-14/h14-16H,2-13H2,1H3. The second-order valence-electron chi connectivity index (χ2n) is 5.88. The van der Waals surface area contributed by atoms with Crippen LogP contribution in [0.1, 0.15) is 51.4 Å². The number of nitrogens with one attached hydrogen (secondary N) is 1. The average molecular weight is 254 g/mol. The van der Waals surface area contributed by atoms with Crippen LogP contribution >= 0.6 is 0 Å². The maximum Gasteiger partial charge on any atom is 0.0587 e. The minimum absolute atomic E-state index is 0.777. The monoisotopic (exact) mass is 254 g/mol. The largest absolute Gasteiger partial charge is 0.383 e. The van der Waals surface area contributed by atoms with Gasteiger partial charge in [-0.15, -0.1) is 0 Å². The topological polar surface area (TPSA) is 24.5 Å². The molecule has 18 heavy (non-hydrogen) atoms. The predicted molar refractivity (Wildman–Crippen MR) is 76.0 cm³/mol. The molecule has 1 unspecified atom stereocenters. The molecule has 0 aromatic carbocycles. The normalized spacial score (nSPS) is 27.5. The van der Waals surface area contributed by atoms with Gasteiger partial charge in [0.1, 0.15) is 0 Å². The molecule has 0 aromatic heterocycles. The molecule has 0 bridgehead atoms. The molecule has 0 spiro atoms. The highest BCUT2D eigenvalue weighted by atomic mass is 16.5. The van der Waals surface area contributed by atoms with Crippen molar-refractivity contribution in [2.75, 3.05) is 33.4 Å². The van der Waals surface area contributed by atoms with Gasteiger partial charge in [0, 0.05) is 32.3 Å². The third kappa shape index (κ3) is 4.22. The van der Waals surface area contributed by atoms with Crippen LogP contribution in [0.5, 0.6) is 0 Å². The molecule has 1 heterocycles. The fourth-order valence-electron chi connectivity index (χ4n) is 3.58. The highest BCUT2D eigenvalue weighted by molar-refractivity contribution is 4.85. The summed E-state index contributed by atoms with van der Waals surface area (Å²) in [5.41, 5.74) is 0. The number of nitrogens with zero attached hydrogens (tertiary/aromatic N) is 1. The molecule has 1 N–H and O–H groups in total. The molecule has 2 fully saturated rings. The number of rotatable bonds is 6. The van der Waals surface area contributed by atoms with Gasteiger partial charge in [-0.05, 0) is 32.2 Å². The van der Waals surface area contributed by atoms with Crippen LogP contribution in [-0.4, -0.2) is 50.3 Å². The van der Waals surface area contributed by atoms with Crippen LogP contribution in [0.4, 0.5) is 0 Å². The van der Waals surface area contributed by atoms with E-state index in [1.165, 1.54) is 57.9 Å². The fraction of sp³-hybridized carbons (Fsp3) is 1.00. The molecular formula is C15H30N2O. The van der Waals surface area contributed by atoms with E-state index >= 15 is 0 Å². The lowest BCUT2D eigenvalue weighted by Crippen LogP contribution is -2.51. The smallest absolute Gasteiger partial charge is 0.0587 e. The van der Waals surface area contributed by atoms with E-state index in [0.717, 1.165) is 31.8 Å². The summed E-state index contributed by atoms with van der Waals surface area (Å²) in [4.78, 5) is 2.82. The molecule has 1 aliphatic heterocycles. The second kappa shape index (κ2) is 8.13. The molecule has 1 saturated heterocycles. The Kier molecular flexibility index (Phi) is 6.46. The average Bonchev–Trinajstić information content (AvgIpc) is 2.45. The van der Waals surface area contributed by atoms with Gasteiger partial charge in [-0.3, -0.25) is 4.90 Å². The summed E-state index contributed by atoms with van der Waals surface area (Å²) in [6, 6.07) is 1.66. The van der Waals surface area contributed by atoms with Crippen molar-refractivity contribution in [1.29, 1.82) is 0 Å². The summed E-state index contributed by atoms with van der Waals surface area (Å²) in [7, 11) is 1.77. The zero-order valence-corrected chi connectivity index (χ0v) is 12.0. The van der Waals surface area contributed by atoms with Crippen LogP contribution in [0.25, 0.3) is 0 Å². The van der Waals surface area contributed by atoms with Gasteiger partial charge in [0.15, 0.2) is 0 Å². The maximum absolute atomic E-state index is 5.10. The Morgan fingerprint density at radius 3 is 2.61 bits per heavy atom. The number of piperidine rings is 1. The minimum Gasteiger partial charge on any atom is -0.383 e. The quantitative estimate of drug-likeness (QED) is 0.737. The first-order valence-electron chi connectivity index (χ1n) is 7.87. The van der Waals surface area contributed by atoms with Crippen LogP contribution in [0.3, 0.4) is 0 Å². The van der Waals surface area contributed by atoms with E-state index in [9.17, 15) is 0 Å². The third-order valence-electron chi connectivity index (χ3n) is 4.58. The Morgan fingerprint density at radius 2 is 1.83 bits per heavy atom. The number of ether oxygens (including phenoxy) is 1. The van der Waals surface area contributed by atoms with Crippen molar-refractivity contribution in [2.45, 2.75) is 63.5 Å². The maximum atomic E-state index is 5.10. The van der Waals surface area contributed by atoms with Crippen molar-refractivity contribution in [3.05, 3.63) is 0 Å². The lowest BCUT2D eigenvalue weighted by atomic mass is 9.90. The zero-order valence-electron chi connectivity index (χ0n) is 12.0. The van der Waals surface area contributed by atoms with E-state index in [1.54, 1.807) is 7.11 Å². The summed E-state index contributed by atoms with van der Waals surface area (Å²) in [6.07, 6.45) is 11.4. The number of likely N-dealkylation sites (tertiary alicyclic amines) is 1. The van der Waals surface area contributed by atoms with Crippen molar-refractivity contribution in [2.24, 2.45) is 0 Å². The van der Waals surface area contributed by atoms with E-state index in [4.69, 9.17) is 4.74 Å². The van der Waals surface area contributed by atoms with Gasteiger partial charge in [-0.2, -0.15) is 0 Å². The summed E-state index contributed by atoms with van der Waals surface area (Å²) in [6.45, 7) is 4.31. The van der Waals surface area contributed by atoms with Crippen LogP contribution in [0.15, 0.2) is 0 Å². The molecule has 0 amide bonds. The highest BCUT2D eigenvalue weighted by Gasteiger charge is 2.29. The van der Waals surface area contributed by atoms with E-state index in [0.29, 0.717) is 0 Å². The molecular weight excluding hydrogens is 224 g/mol. The SMILES string of the molecule is COCCNCC1CCCCN1C1CCCCC1. The van der Waals surface area contributed by atoms with Crippen LogP contribution in [-0.2, 0) is 4.74 Å². The van der Waals surface area contributed by atoms with Crippen LogP contribution < -0.4 is 5.32 Å². The second-order valence-corrected chi connectivity index (χ2v) is 5.88. The van der Waals surface area contributed by atoms with Crippen molar-refractivity contribution < 1.29 is 4.74 Å². The molecule has 0 aromatic rings. The molecule has 2 aliphatic rings. The van der Waals surface area contributed by atoms with Crippen molar-refractivity contribution >= 4 is 0 Å². The minimum atomic E-state index is 0.777. The van der Waals surface area contributed by atoms with Crippen molar-refractivity contribution in [3.8, 4) is 0 Å². The Balaban J connectivity index is 1.77. The number of methoxy groups -OCH3 is 1. The Morgan fingerprint density at radius 1 is 1.06 bits per heavy atom. The van der Waals surface area contributed by atoms with Gasteiger partial charge >= 0.3 is 0 Å². The number of hydrogen-bond donors (Lipinski definition) is 1. The molecule has 2 rings (SSSR count). The van der Waals surface area contributed by atoms with Gasteiger partial charge in [-0.1, -0.05) is 25.7 Å². The summed E-state index contributed by atoms with van der Waals surface area (Å²) in [5.74, 6) is 0. The van der Waals surface area contributed by atoms with Crippen LogP contribution in [0, 0.1) is 0 Å². The first-order valence-corrected chi connectivity index (χ1v) is 7.87. The van der Waals surface area contributed by atoms with Crippen molar-refractivity contribution in [3.63, 3.8) is 0 Å². The van der Waals surface area contributed by atoms with Gasteiger partial charge in [-0.25, -0.2) is 0 Å². The molecule has 1 saturated carbocycles. The molecule has 106 valence electrons. The van der Waals surface area contributed by atoms with E-state index < -0.39 is 0 Å². The molecule has 3 nitrogen and oxygen atoms in total. The van der Waals surface area contributed by atoms with Gasteiger partial charge in [0.25, 0.3) is 0 Å². The summed E-state index contributed by atoms with van der Waals surface area (Å²) in [5, 5.41) is 3.56. The summed E-state index contributed by atoms with van der Waals surface area (Å²) >= 11 is 0. The molecule has 0 radical (unpaired) electrons. The highest BCUT2D eigenvalue weighted by Crippen LogP contribution is 2.28. The van der Waals surface area contributed by atoms with E-state index in [1.807, 2.05) is 0 Å². The van der Waals surface area contributed by atoms with Gasteiger partial charge < -0.3 is 10.1 Å². The number of hydrogen-bond acceptors (Lipinski definition) is 3. The molecule has 1 aliphatic carbocycles. The van der Waals surface area contributed by atoms with Crippen molar-refractivity contribution in [1.82, 2.24) is 10.2 Å². The Bertz CT molecular complexity index is 217. The molecule has 1 atom stereocenters. The lowest BCUT2D eigenvalue weighted by molar-refractivity contribution is 0.0709. The van der Waals surface area contributed by atoms with Crippen LogP contribution in [0.2, 0.25) is 0 Å². The Labute approximate surface area is 112 Å². The van der Waals surface area contributed by atoms with Gasteiger partial charge in [0.2, 0.25) is 0 Å².